The SMILES string of the molecule is CC(C)(C)c1ccc(NP(=O)(C=C(Cl)c2ccccc2)C=C(Cl)c2ccccc2)cc1. The Kier molecular flexibility index (Phi) is 7.49. The second-order valence-corrected chi connectivity index (χ2v) is 11.3. The molecule has 0 saturated carbocycles. The van der Waals surface area contributed by atoms with Crippen molar-refractivity contribution in [1.29, 1.82) is 0 Å². The minimum atomic E-state index is -3.28. The summed E-state index contributed by atoms with van der Waals surface area (Å²) < 4.78 is 14.0. The molecule has 0 fully saturated rings. The first-order valence-corrected chi connectivity index (χ1v) is 12.6. The van der Waals surface area contributed by atoms with Crippen LogP contribution >= 0.6 is 30.5 Å². The van der Waals surface area contributed by atoms with Crippen LogP contribution in [-0.2, 0) is 9.98 Å². The van der Waals surface area contributed by atoms with Gasteiger partial charge in [-0.25, -0.2) is 0 Å². The molecule has 3 rings (SSSR count). The normalized spacial score (nSPS) is 14.7. The van der Waals surface area contributed by atoms with Crippen LogP contribution < -0.4 is 5.09 Å². The van der Waals surface area contributed by atoms with E-state index in [-0.39, 0.29) is 5.41 Å². The molecule has 3 aromatic rings. The molecule has 0 aliphatic rings. The van der Waals surface area contributed by atoms with Crippen molar-refractivity contribution in [2.75, 3.05) is 5.09 Å². The second kappa shape index (κ2) is 9.92. The Bertz CT molecular complexity index is 1060. The summed E-state index contributed by atoms with van der Waals surface area (Å²) in [5.41, 5.74) is 3.55. The van der Waals surface area contributed by atoms with E-state index in [1.54, 1.807) is 11.6 Å². The number of hydrogen-bond donors (Lipinski definition) is 1. The Morgan fingerprint density at radius 2 is 1.16 bits per heavy atom. The van der Waals surface area contributed by atoms with Gasteiger partial charge < -0.3 is 5.09 Å². The standard InChI is InChI=1S/C26H26Cl2NOP/c1-26(2,3)22-14-16-23(17-15-22)29-31(30,18-24(27)20-10-6-4-7-11-20)19-25(28)21-12-8-5-9-13-21/h4-19H,1-3H3,(H,29,30). The number of benzene rings is 3. The first-order chi connectivity index (χ1) is 14.7. The van der Waals surface area contributed by atoms with E-state index in [1.165, 1.54) is 5.56 Å². The molecule has 5 heteroatoms. The Morgan fingerprint density at radius 1 is 0.742 bits per heavy atom. The fourth-order valence-corrected chi connectivity index (χ4v) is 5.88. The molecule has 0 atom stereocenters. The average Bonchev–Trinajstić information content (AvgIpc) is 2.74. The molecule has 2 nitrogen and oxygen atoms in total. The van der Waals surface area contributed by atoms with Gasteiger partial charge in [0.1, 0.15) is 0 Å². The molecule has 0 bridgehead atoms. The largest absolute Gasteiger partial charge is 0.330 e. The molecule has 160 valence electrons. The van der Waals surface area contributed by atoms with Crippen molar-refractivity contribution in [3.05, 3.63) is 113 Å². The van der Waals surface area contributed by atoms with Gasteiger partial charge in [0, 0.05) is 17.3 Å². The second-order valence-electron chi connectivity index (χ2n) is 8.33. The highest BCUT2D eigenvalue weighted by molar-refractivity contribution is 7.72. The van der Waals surface area contributed by atoms with Crippen molar-refractivity contribution in [2.24, 2.45) is 0 Å². The fourth-order valence-electron chi connectivity index (χ4n) is 3.03. The molecule has 31 heavy (non-hydrogen) atoms. The minimum absolute atomic E-state index is 0.0370. The number of rotatable bonds is 6. The maximum Gasteiger partial charge on any atom is 0.216 e. The first kappa shape index (κ1) is 23.4. The molecule has 0 unspecified atom stereocenters. The third-order valence-corrected chi connectivity index (χ3v) is 7.61. The molecule has 0 amide bonds. The van der Waals surface area contributed by atoms with Crippen LogP contribution in [-0.4, -0.2) is 0 Å². The van der Waals surface area contributed by atoms with E-state index in [2.05, 4.69) is 25.9 Å². The molecule has 0 radical (unpaired) electrons. The summed E-state index contributed by atoms with van der Waals surface area (Å²) in [5.74, 6) is 3.12. The van der Waals surface area contributed by atoms with Gasteiger partial charge in [0.05, 0.1) is 10.1 Å². The lowest BCUT2D eigenvalue weighted by atomic mass is 9.87. The third-order valence-electron chi connectivity index (χ3n) is 4.76. The fraction of sp³-hybridized carbons (Fsp3) is 0.154. The minimum Gasteiger partial charge on any atom is -0.330 e. The molecule has 1 N–H and O–H groups in total. The monoisotopic (exact) mass is 469 g/mol. The van der Waals surface area contributed by atoms with Crippen LogP contribution in [0.5, 0.6) is 0 Å². The van der Waals surface area contributed by atoms with Gasteiger partial charge >= 0.3 is 0 Å². The first-order valence-electron chi connectivity index (χ1n) is 10.0. The van der Waals surface area contributed by atoms with E-state index in [0.29, 0.717) is 10.1 Å². The van der Waals surface area contributed by atoms with E-state index in [1.807, 2.05) is 84.9 Å². The molecule has 0 heterocycles. The average molecular weight is 470 g/mol. The van der Waals surface area contributed by atoms with Crippen LogP contribution in [0.25, 0.3) is 10.1 Å². The molecule has 0 saturated heterocycles. The Morgan fingerprint density at radius 3 is 1.55 bits per heavy atom. The zero-order valence-electron chi connectivity index (χ0n) is 17.8. The van der Waals surface area contributed by atoms with Crippen molar-refractivity contribution in [3.63, 3.8) is 0 Å². The molecule has 0 aliphatic carbocycles. The van der Waals surface area contributed by atoms with E-state index in [9.17, 15) is 4.57 Å². The number of nitrogens with one attached hydrogen (secondary N) is 1. The summed E-state index contributed by atoms with van der Waals surface area (Å²) in [6.07, 6.45) is 0. The molecule has 3 aromatic carbocycles. The van der Waals surface area contributed by atoms with Gasteiger partial charge in [-0.2, -0.15) is 0 Å². The van der Waals surface area contributed by atoms with Gasteiger partial charge in [0.15, 0.2) is 0 Å². The van der Waals surface area contributed by atoms with E-state index >= 15 is 0 Å². The summed E-state index contributed by atoms with van der Waals surface area (Å²) >= 11 is 13.1. The zero-order chi connectivity index (χ0) is 22.5. The summed E-state index contributed by atoms with van der Waals surface area (Å²) in [5, 5.41) is 3.97. The van der Waals surface area contributed by atoms with Gasteiger partial charge in [0.2, 0.25) is 7.29 Å². The van der Waals surface area contributed by atoms with Crippen LogP contribution in [0.15, 0.2) is 96.6 Å². The Labute approximate surface area is 195 Å². The van der Waals surface area contributed by atoms with Crippen molar-refractivity contribution in [3.8, 4) is 0 Å². The number of anilines is 1. The highest BCUT2D eigenvalue weighted by Gasteiger charge is 2.20. The van der Waals surface area contributed by atoms with Gasteiger partial charge in [-0.1, -0.05) is 117 Å². The van der Waals surface area contributed by atoms with Crippen LogP contribution in [0.2, 0.25) is 0 Å². The van der Waals surface area contributed by atoms with Crippen molar-refractivity contribution in [2.45, 2.75) is 26.2 Å². The van der Waals surface area contributed by atoms with Gasteiger partial charge in [0.25, 0.3) is 0 Å². The van der Waals surface area contributed by atoms with E-state index in [4.69, 9.17) is 23.2 Å². The van der Waals surface area contributed by atoms with Gasteiger partial charge in [-0.15, -0.1) is 0 Å². The van der Waals surface area contributed by atoms with Crippen molar-refractivity contribution in [1.82, 2.24) is 0 Å². The topological polar surface area (TPSA) is 29.1 Å². The Balaban J connectivity index is 2.01. The highest BCUT2D eigenvalue weighted by Crippen LogP contribution is 2.53. The lowest BCUT2D eigenvalue weighted by Crippen LogP contribution is -2.10. The maximum absolute atomic E-state index is 14.0. The van der Waals surface area contributed by atoms with Crippen LogP contribution in [0, 0.1) is 0 Å². The third kappa shape index (κ3) is 6.61. The quantitative estimate of drug-likeness (QED) is 0.364. The van der Waals surface area contributed by atoms with Crippen molar-refractivity contribution >= 4 is 46.2 Å². The Hall–Kier alpha value is -2.25. The van der Waals surface area contributed by atoms with Crippen LogP contribution in [0.3, 0.4) is 0 Å². The van der Waals surface area contributed by atoms with E-state index < -0.39 is 7.29 Å². The number of halogens is 2. The summed E-state index contributed by atoms with van der Waals surface area (Å²) in [7, 11) is -3.28. The predicted octanol–water partition coefficient (Wildman–Crippen LogP) is 9.15. The molecular weight excluding hydrogens is 444 g/mol. The van der Waals surface area contributed by atoms with Gasteiger partial charge in [-0.3, -0.25) is 4.57 Å². The smallest absolute Gasteiger partial charge is 0.216 e. The molecule has 0 aliphatic heterocycles. The molecule has 0 spiro atoms. The van der Waals surface area contributed by atoms with Gasteiger partial charge in [-0.05, 0) is 34.2 Å². The van der Waals surface area contributed by atoms with Crippen molar-refractivity contribution < 1.29 is 4.57 Å². The lowest BCUT2D eigenvalue weighted by molar-refractivity contribution is 0.589. The summed E-state index contributed by atoms with van der Waals surface area (Å²) in [6, 6.07) is 26.8. The number of hydrogen-bond acceptors (Lipinski definition) is 1. The summed E-state index contributed by atoms with van der Waals surface area (Å²) in [4.78, 5) is 0. The van der Waals surface area contributed by atoms with Crippen LogP contribution in [0.4, 0.5) is 5.69 Å². The lowest BCUT2D eigenvalue weighted by Gasteiger charge is -2.20. The highest BCUT2D eigenvalue weighted by atomic mass is 35.5. The molecule has 0 aromatic heterocycles. The van der Waals surface area contributed by atoms with E-state index in [0.717, 1.165) is 16.8 Å². The maximum atomic E-state index is 14.0. The summed E-state index contributed by atoms with van der Waals surface area (Å²) in [6.45, 7) is 6.47. The zero-order valence-corrected chi connectivity index (χ0v) is 20.3. The predicted molar refractivity (Wildman–Crippen MR) is 137 cm³/mol. The molecular formula is C26H26Cl2NOP. The van der Waals surface area contributed by atoms with Crippen LogP contribution in [0.1, 0.15) is 37.5 Å².